The zero-order valence-corrected chi connectivity index (χ0v) is 19.5. The van der Waals surface area contributed by atoms with Gasteiger partial charge in [-0.2, -0.15) is 4.31 Å². The molecule has 6 nitrogen and oxygen atoms in total. The maximum Gasteiger partial charge on any atom is 0.245 e. The van der Waals surface area contributed by atoms with Gasteiger partial charge in [-0.1, -0.05) is 56.3 Å². The van der Waals surface area contributed by atoms with Crippen LogP contribution in [-0.2, 0) is 14.8 Å². The highest BCUT2D eigenvalue weighted by Gasteiger charge is 2.33. The van der Waals surface area contributed by atoms with Crippen LogP contribution >= 0.6 is 0 Å². The fraction of sp³-hybridized carbons (Fsp3) is 0.458. The van der Waals surface area contributed by atoms with Gasteiger partial charge in [-0.15, -0.1) is 0 Å². The second kappa shape index (κ2) is 11.0. The van der Waals surface area contributed by atoms with Crippen molar-refractivity contribution in [2.75, 3.05) is 32.7 Å². The lowest BCUT2D eigenvalue weighted by atomic mass is 9.97. The summed E-state index contributed by atoms with van der Waals surface area (Å²) in [6, 6.07) is 15.6. The van der Waals surface area contributed by atoms with E-state index in [0.717, 1.165) is 24.7 Å². The van der Waals surface area contributed by atoms with E-state index in [0.29, 0.717) is 19.4 Å². The lowest BCUT2D eigenvalue weighted by molar-refractivity contribution is -0.126. The minimum Gasteiger partial charge on any atom is -0.354 e. The third kappa shape index (κ3) is 5.54. The van der Waals surface area contributed by atoms with Gasteiger partial charge in [0, 0.05) is 25.6 Å². The summed E-state index contributed by atoms with van der Waals surface area (Å²) in [5, 5.41) is 3.09. The van der Waals surface area contributed by atoms with Crippen molar-refractivity contribution < 1.29 is 17.6 Å². The van der Waals surface area contributed by atoms with Crippen LogP contribution in [0.3, 0.4) is 0 Å². The number of nitrogens with zero attached hydrogens (tertiary/aromatic N) is 2. The smallest absolute Gasteiger partial charge is 0.245 e. The van der Waals surface area contributed by atoms with E-state index in [-0.39, 0.29) is 35.9 Å². The summed E-state index contributed by atoms with van der Waals surface area (Å²) in [7, 11) is -3.90. The summed E-state index contributed by atoms with van der Waals surface area (Å²) in [6.45, 7) is 6.86. The van der Waals surface area contributed by atoms with E-state index in [1.807, 2.05) is 18.2 Å². The van der Waals surface area contributed by atoms with Crippen molar-refractivity contribution in [3.05, 3.63) is 66.0 Å². The van der Waals surface area contributed by atoms with Gasteiger partial charge >= 0.3 is 0 Å². The lowest BCUT2D eigenvalue weighted by Gasteiger charge is -2.33. The van der Waals surface area contributed by atoms with Crippen LogP contribution in [0.15, 0.2) is 59.5 Å². The summed E-state index contributed by atoms with van der Waals surface area (Å²) in [5.41, 5.74) is 1.15. The first kappa shape index (κ1) is 24.4. The van der Waals surface area contributed by atoms with Crippen LogP contribution in [0.4, 0.5) is 4.39 Å². The van der Waals surface area contributed by atoms with Crippen LogP contribution in [0.5, 0.6) is 0 Å². The van der Waals surface area contributed by atoms with E-state index < -0.39 is 15.8 Å². The predicted octanol–water partition coefficient (Wildman–Crippen LogP) is 3.43. The third-order valence-corrected chi connectivity index (χ3v) is 8.12. The topological polar surface area (TPSA) is 69.7 Å². The van der Waals surface area contributed by atoms with E-state index in [9.17, 15) is 17.6 Å². The molecule has 1 aliphatic heterocycles. The third-order valence-electron chi connectivity index (χ3n) is 6.19. The molecule has 0 radical (unpaired) electrons. The van der Waals surface area contributed by atoms with E-state index in [2.05, 4.69) is 36.2 Å². The second-order valence-corrected chi connectivity index (χ2v) is 9.91. The van der Waals surface area contributed by atoms with Gasteiger partial charge in [0.1, 0.15) is 10.7 Å². The molecule has 1 N–H and O–H groups in total. The molecule has 0 aromatic heterocycles. The molecule has 1 amide bonds. The van der Waals surface area contributed by atoms with Gasteiger partial charge in [-0.3, -0.25) is 9.69 Å². The zero-order valence-electron chi connectivity index (χ0n) is 18.7. The quantitative estimate of drug-likeness (QED) is 0.621. The summed E-state index contributed by atoms with van der Waals surface area (Å²) >= 11 is 0. The average molecular weight is 462 g/mol. The Morgan fingerprint density at radius 2 is 1.66 bits per heavy atom. The number of halogens is 1. The number of sulfonamides is 1. The minimum absolute atomic E-state index is 0.0546. The van der Waals surface area contributed by atoms with Gasteiger partial charge in [0.25, 0.3) is 0 Å². The van der Waals surface area contributed by atoms with Crippen molar-refractivity contribution in [2.45, 2.75) is 37.6 Å². The highest BCUT2D eigenvalue weighted by molar-refractivity contribution is 7.89. The fourth-order valence-corrected chi connectivity index (χ4v) is 5.83. The van der Waals surface area contributed by atoms with Crippen molar-refractivity contribution >= 4 is 15.9 Å². The largest absolute Gasteiger partial charge is 0.354 e. The number of nitrogens with one attached hydrogen (secondary N) is 1. The molecular weight excluding hydrogens is 429 g/mol. The highest BCUT2D eigenvalue weighted by Crippen LogP contribution is 2.26. The molecule has 1 aliphatic rings. The maximum atomic E-state index is 14.0. The number of hydrogen-bond acceptors (Lipinski definition) is 4. The number of rotatable bonds is 9. The van der Waals surface area contributed by atoms with E-state index >= 15 is 0 Å². The SMILES string of the molecule is CCN(CC)C(CNC(=O)C1CCN(S(=O)(=O)c2ccccc2F)CC1)c1ccccc1. The molecule has 1 fully saturated rings. The van der Waals surface area contributed by atoms with Crippen molar-refractivity contribution in [2.24, 2.45) is 5.92 Å². The Bertz CT molecular complexity index is 989. The molecule has 1 atom stereocenters. The molecule has 1 unspecified atom stereocenters. The summed E-state index contributed by atoms with van der Waals surface area (Å²) in [4.78, 5) is 14.8. The molecular formula is C24H32FN3O3S. The first-order valence-corrected chi connectivity index (χ1v) is 12.6. The monoisotopic (exact) mass is 461 g/mol. The number of benzene rings is 2. The molecule has 0 spiro atoms. The summed E-state index contributed by atoms with van der Waals surface area (Å²) in [5.74, 6) is -1.06. The van der Waals surface area contributed by atoms with Gasteiger partial charge in [0.05, 0.1) is 6.04 Å². The van der Waals surface area contributed by atoms with Gasteiger partial charge in [0.2, 0.25) is 15.9 Å². The Labute approximate surface area is 190 Å². The first-order valence-electron chi connectivity index (χ1n) is 11.2. The van der Waals surface area contributed by atoms with Gasteiger partial charge in [-0.25, -0.2) is 12.8 Å². The Morgan fingerprint density at radius 3 is 2.25 bits per heavy atom. The Morgan fingerprint density at radius 1 is 1.06 bits per heavy atom. The van der Waals surface area contributed by atoms with Gasteiger partial charge in [-0.05, 0) is 43.6 Å². The molecule has 1 heterocycles. The molecule has 3 rings (SSSR count). The Kier molecular flexibility index (Phi) is 8.39. The Hall–Kier alpha value is -2.29. The summed E-state index contributed by atoms with van der Waals surface area (Å²) in [6.07, 6.45) is 0.835. The number of piperidine rings is 1. The summed E-state index contributed by atoms with van der Waals surface area (Å²) < 4.78 is 40.8. The van der Waals surface area contributed by atoms with E-state index in [1.165, 1.54) is 22.5 Å². The maximum absolute atomic E-state index is 14.0. The average Bonchev–Trinajstić information content (AvgIpc) is 2.82. The molecule has 0 aliphatic carbocycles. The normalized spacial score (nSPS) is 16.8. The molecule has 0 bridgehead atoms. The highest BCUT2D eigenvalue weighted by atomic mass is 32.2. The number of likely N-dealkylation sites (N-methyl/N-ethyl adjacent to an activating group) is 1. The van der Waals surface area contributed by atoms with Crippen LogP contribution in [0, 0.1) is 11.7 Å². The van der Waals surface area contributed by atoms with E-state index in [1.54, 1.807) is 0 Å². The van der Waals surface area contributed by atoms with Gasteiger partial charge < -0.3 is 5.32 Å². The van der Waals surface area contributed by atoms with Crippen LogP contribution < -0.4 is 5.32 Å². The zero-order chi connectivity index (χ0) is 23.1. The molecule has 1 saturated heterocycles. The molecule has 0 saturated carbocycles. The molecule has 2 aromatic rings. The number of carbonyl (C=O) groups excluding carboxylic acids is 1. The standard InChI is InChI=1S/C24H32FN3O3S/c1-3-27(4-2)22(19-10-6-5-7-11-19)18-26-24(29)20-14-16-28(17-15-20)32(30,31)23-13-9-8-12-21(23)25/h5-13,20,22H,3-4,14-18H2,1-2H3,(H,26,29). The molecule has 174 valence electrons. The van der Waals surface area contributed by atoms with Crippen LogP contribution in [0.2, 0.25) is 0 Å². The number of amides is 1. The van der Waals surface area contributed by atoms with Crippen molar-refractivity contribution in [3.63, 3.8) is 0 Å². The Balaban J connectivity index is 1.60. The van der Waals surface area contributed by atoms with E-state index in [4.69, 9.17) is 0 Å². The van der Waals surface area contributed by atoms with Crippen LogP contribution in [-0.4, -0.2) is 56.3 Å². The molecule has 32 heavy (non-hydrogen) atoms. The van der Waals surface area contributed by atoms with Crippen LogP contribution in [0.25, 0.3) is 0 Å². The predicted molar refractivity (Wildman–Crippen MR) is 123 cm³/mol. The first-order chi connectivity index (χ1) is 15.4. The lowest BCUT2D eigenvalue weighted by Crippen LogP contribution is -2.45. The van der Waals surface area contributed by atoms with Crippen molar-refractivity contribution in [1.29, 1.82) is 0 Å². The van der Waals surface area contributed by atoms with Gasteiger partial charge in [0.15, 0.2) is 0 Å². The number of carbonyl (C=O) groups is 1. The molecule has 8 heteroatoms. The van der Waals surface area contributed by atoms with Crippen molar-refractivity contribution in [3.8, 4) is 0 Å². The minimum atomic E-state index is -3.90. The second-order valence-electron chi connectivity index (χ2n) is 8.00. The van der Waals surface area contributed by atoms with Crippen molar-refractivity contribution in [1.82, 2.24) is 14.5 Å². The fourth-order valence-electron chi connectivity index (χ4n) is 4.29. The number of hydrogen-bond donors (Lipinski definition) is 1. The molecule has 2 aromatic carbocycles. The van der Waals surface area contributed by atoms with Crippen LogP contribution in [0.1, 0.15) is 38.3 Å².